The van der Waals surface area contributed by atoms with Crippen molar-refractivity contribution in [2.24, 2.45) is 5.73 Å². The lowest BCUT2D eigenvalue weighted by Gasteiger charge is -2.25. The third kappa shape index (κ3) is 14.0. The van der Waals surface area contributed by atoms with Gasteiger partial charge in [-0.25, -0.2) is 14.4 Å². The van der Waals surface area contributed by atoms with E-state index >= 15 is 0 Å². The van der Waals surface area contributed by atoms with Crippen molar-refractivity contribution in [1.82, 2.24) is 9.80 Å². The lowest BCUT2D eigenvalue weighted by atomic mass is 10.3. The maximum atomic E-state index is 10.9. The molecule has 0 aliphatic carbocycles. The first kappa shape index (κ1) is 20.2. The summed E-state index contributed by atoms with van der Waals surface area (Å²) in [7, 11) is 3.94. The number of rotatable bonds is 6. The number of carboxylic acids is 2. The Morgan fingerprint density at radius 2 is 1.45 bits per heavy atom. The quantitative estimate of drug-likeness (QED) is 0.593. The first-order chi connectivity index (χ1) is 9.07. The number of hydrogen-bond donors (Lipinski definition) is 3. The van der Waals surface area contributed by atoms with Crippen LogP contribution in [0, 0.1) is 0 Å². The largest absolute Gasteiger partial charge is 0.478 e. The van der Waals surface area contributed by atoms with Crippen LogP contribution in [-0.4, -0.2) is 71.2 Å². The Bertz CT molecular complexity index is 337. The average Bonchev–Trinajstić information content (AvgIpc) is 2.26. The molecule has 2 amide bonds. The Kier molecular flexibility index (Phi) is 10.9. The maximum absolute atomic E-state index is 10.9. The van der Waals surface area contributed by atoms with Gasteiger partial charge in [-0.1, -0.05) is 0 Å². The fraction of sp³-hybridized carbons (Fsp3) is 0.583. The highest BCUT2D eigenvalue weighted by atomic mass is 16.4. The molecular weight excluding hydrogens is 266 g/mol. The number of aliphatic carboxylic acids is 2. The van der Waals surface area contributed by atoms with Gasteiger partial charge in [0.05, 0.1) is 0 Å². The third-order valence-corrected chi connectivity index (χ3v) is 2.06. The molecular formula is C12H23N3O5. The molecule has 0 spiro atoms. The van der Waals surface area contributed by atoms with E-state index in [1.54, 1.807) is 4.90 Å². The zero-order chi connectivity index (χ0) is 16.3. The Hall–Kier alpha value is -2.09. The van der Waals surface area contributed by atoms with Gasteiger partial charge in [-0.15, -0.1) is 0 Å². The van der Waals surface area contributed by atoms with Gasteiger partial charge in [0.1, 0.15) is 0 Å². The van der Waals surface area contributed by atoms with Gasteiger partial charge in [0.15, 0.2) is 0 Å². The van der Waals surface area contributed by atoms with Crippen molar-refractivity contribution < 1.29 is 24.6 Å². The summed E-state index contributed by atoms with van der Waals surface area (Å²) in [5, 5.41) is 15.6. The molecule has 0 aromatic rings. The molecule has 4 N–H and O–H groups in total. The van der Waals surface area contributed by atoms with Crippen LogP contribution in [0.3, 0.4) is 0 Å². The Labute approximate surface area is 118 Å². The fourth-order valence-corrected chi connectivity index (χ4v) is 1.07. The molecule has 0 saturated heterocycles. The summed E-state index contributed by atoms with van der Waals surface area (Å²) in [5.74, 6) is -2.51. The normalized spacial score (nSPS) is 10.3. The van der Waals surface area contributed by atoms with Crippen LogP contribution in [-0.2, 0) is 9.59 Å². The number of nitrogens with two attached hydrogens (primary N) is 1. The van der Waals surface area contributed by atoms with Crippen LogP contribution in [0.25, 0.3) is 0 Å². The lowest BCUT2D eigenvalue weighted by Crippen LogP contribution is -2.44. The van der Waals surface area contributed by atoms with E-state index in [1.807, 2.05) is 32.8 Å². The molecule has 0 atom stereocenters. The minimum absolute atomic E-state index is 0.183. The van der Waals surface area contributed by atoms with E-state index in [-0.39, 0.29) is 12.1 Å². The number of carbonyl (C=O) groups excluding carboxylic acids is 1. The van der Waals surface area contributed by atoms with Gasteiger partial charge in [0.2, 0.25) is 0 Å². The second-order valence-corrected chi connectivity index (χ2v) is 4.44. The molecule has 0 unspecified atom stereocenters. The summed E-state index contributed by atoms with van der Waals surface area (Å²) >= 11 is 0. The number of primary amides is 1. The van der Waals surface area contributed by atoms with Crippen molar-refractivity contribution in [1.29, 1.82) is 0 Å². The molecule has 0 aromatic heterocycles. The van der Waals surface area contributed by atoms with Gasteiger partial charge < -0.3 is 25.7 Å². The number of carboxylic acid groups (broad SMARTS) is 2. The maximum Gasteiger partial charge on any atom is 0.328 e. The number of hydrogen-bond acceptors (Lipinski definition) is 4. The Morgan fingerprint density at radius 3 is 1.65 bits per heavy atom. The molecule has 0 saturated carbocycles. The summed E-state index contributed by atoms with van der Waals surface area (Å²) in [4.78, 5) is 33.7. The van der Waals surface area contributed by atoms with Crippen LogP contribution in [0.5, 0.6) is 0 Å². The second-order valence-electron chi connectivity index (χ2n) is 4.44. The number of likely N-dealkylation sites (N-methyl/N-ethyl adjacent to an activating group) is 1. The number of nitrogens with zero attached hydrogens (tertiary/aromatic N) is 2. The van der Waals surface area contributed by atoms with Crippen molar-refractivity contribution in [2.75, 3.05) is 27.2 Å². The minimum Gasteiger partial charge on any atom is -0.478 e. The molecule has 0 heterocycles. The van der Waals surface area contributed by atoms with Crippen LogP contribution in [0.4, 0.5) is 4.79 Å². The highest BCUT2D eigenvalue weighted by Gasteiger charge is 2.12. The van der Waals surface area contributed by atoms with Gasteiger partial charge in [-0.3, -0.25) is 0 Å². The van der Waals surface area contributed by atoms with Crippen LogP contribution in [0.1, 0.15) is 13.8 Å². The third-order valence-electron chi connectivity index (χ3n) is 2.06. The van der Waals surface area contributed by atoms with E-state index in [9.17, 15) is 14.4 Å². The zero-order valence-corrected chi connectivity index (χ0v) is 12.2. The molecule has 0 aromatic carbocycles. The van der Waals surface area contributed by atoms with Crippen LogP contribution in [0.15, 0.2) is 12.2 Å². The molecule has 8 nitrogen and oxygen atoms in total. The van der Waals surface area contributed by atoms with Gasteiger partial charge in [0, 0.05) is 31.3 Å². The summed E-state index contributed by atoms with van der Waals surface area (Å²) in [6, 6.07) is -0.158. The summed E-state index contributed by atoms with van der Waals surface area (Å²) < 4.78 is 0. The summed E-state index contributed by atoms with van der Waals surface area (Å²) in [5.41, 5.74) is 5.19. The summed E-state index contributed by atoms with van der Waals surface area (Å²) in [6.07, 6.45) is 1.12. The summed E-state index contributed by atoms with van der Waals surface area (Å²) in [6.45, 7) is 5.46. The monoisotopic (exact) mass is 289 g/mol. The van der Waals surface area contributed by atoms with Crippen LogP contribution in [0.2, 0.25) is 0 Å². The fourth-order valence-electron chi connectivity index (χ4n) is 1.07. The topological polar surface area (TPSA) is 124 Å². The molecule has 8 heteroatoms. The average molecular weight is 289 g/mol. The predicted octanol–water partition coefficient (Wildman–Crippen LogP) is 0.0489. The first-order valence-electron chi connectivity index (χ1n) is 5.92. The van der Waals surface area contributed by atoms with Gasteiger partial charge in [-0.05, 0) is 27.9 Å². The van der Waals surface area contributed by atoms with Gasteiger partial charge in [0.25, 0.3) is 0 Å². The lowest BCUT2D eigenvalue weighted by molar-refractivity contribution is -0.134. The van der Waals surface area contributed by atoms with E-state index in [2.05, 4.69) is 0 Å². The van der Waals surface area contributed by atoms with Crippen molar-refractivity contribution in [3.05, 3.63) is 12.2 Å². The van der Waals surface area contributed by atoms with Gasteiger partial charge >= 0.3 is 18.0 Å². The van der Waals surface area contributed by atoms with Crippen molar-refractivity contribution in [2.45, 2.75) is 19.9 Å². The van der Waals surface area contributed by atoms with E-state index in [0.717, 1.165) is 6.54 Å². The SMILES string of the molecule is CC(C)N(CCN(C)C)C(N)=O.O=C(O)/C=C\C(=O)O. The Morgan fingerprint density at radius 1 is 1.05 bits per heavy atom. The second kappa shape index (κ2) is 10.8. The van der Waals surface area contributed by atoms with Crippen LogP contribution >= 0.6 is 0 Å². The molecule has 20 heavy (non-hydrogen) atoms. The van der Waals surface area contributed by atoms with E-state index in [1.165, 1.54) is 0 Å². The van der Waals surface area contributed by atoms with Crippen molar-refractivity contribution in [3.8, 4) is 0 Å². The van der Waals surface area contributed by atoms with Crippen molar-refractivity contribution in [3.63, 3.8) is 0 Å². The standard InChI is InChI=1S/C8H19N3O.C4H4O4/c1-7(2)11(8(9)12)6-5-10(3)4;5-3(6)1-2-4(7)8/h7H,5-6H2,1-4H3,(H2,9,12);1-2H,(H,5,6)(H,7,8)/b;2-1-. The number of carbonyl (C=O) groups is 3. The molecule has 0 aliphatic heterocycles. The molecule has 0 fully saturated rings. The smallest absolute Gasteiger partial charge is 0.328 e. The Balaban J connectivity index is 0. The highest BCUT2D eigenvalue weighted by molar-refractivity contribution is 5.89. The molecule has 0 rings (SSSR count). The van der Waals surface area contributed by atoms with Crippen LogP contribution < -0.4 is 5.73 Å². The van der Waals surface area contributed by atoms with E-state index < -0.39 is 11.9 Å². The van der Waals surface area contributed by atoms with E-state index in [0.29, 0.717) is 18.7 Å². The molecule has 0 bridgehead atoms. The van der Waals surface area contributed by atoms with Crippen molar-refractivity contribution >= 4 is 18.0 Å². The molecule has 116 valence electrons. The number of urea groups is 1. The predicted molar refractivity (Wildman–Crippen MR) is 74.4 cm³/mol. The molecule has 0 radical (unpaired) electrons. The zero-order valence-electron chi connectivity index (χ0n) is 12.2. The molecule has 0 aliphatic rings. The number of amides is 2. The van der Waals surface area contributed by atoms with Gasteiger partial charge in [-0.2, -0.15) is 0 Å². The van der Waals surface area contributed by atoms with E-state index in [4.69, 9.17) is 15.9 Å². The minimum atomic E-state index is -1.26. The highest BCUT2D eigenvalue weighted by Crippen LogP contribution is 1.96. The first-order valence-corrected chi connectivity index (χ1v) is 5.92.